The van der Waals surface area contributed by atoms with Crippen molar-refractivity contribution in [1.29, 1.82) is 0 Å². The van der Waals surface area contributed by atoms with Gasteiger partial charge in [0, 0.05) is 49.4 Å². The highest BCUT2D eigenvalue weighted by atomic mass is 19.1. The van der Waals surface area contributed by atoms with Crippen LogP contribution in [-0.2, 0) is 17.8 Å². The van der Waals surface area contributed by atoms with Crippen molar-refractivity contribution in [3.05, 3.63) is 53.5 Å². The quantitative estimate of drug-likeness (QED) is 0.568. The molecule has 2 saturated heterocycles. The van der Waals surface area contributed by atoms with Gasteiger partial charge in [-0.15, -0.1) is 0 Å². The molecule has 0 atom stereocenters. The molecule has 3 aromatic rings. The van der Waals surface area contributed by atoms with E-state index in [-0.39, 0.29) is 11.7 Å². The van der Waals surface area contributed by atoms with E-state index in [1.165, 1.54) is 38.3 Å². The Kier molecular flexibility index (Phi) is 6.17. The fraction of sp³-hybridized carbons (Fsp3) is 0.481. The van der Waals surface area contributed by atoms with Crippen LogP contribution in [-0.4, -0.2) is 63.0 Å². The number of nitrogens with one attached hydrogen (secondary N) is 1. The fourth-order valence-corrected chi connectivity index (χ4v) is 5.77. The molecule has 2 aromatic heterocycles. The van der Waals surface area contributed by atoms with Crippen molar-refractivity contribution in [1.82, 2.24) is 24.4 Å². The third-order valence-corrected chi connectivity index (χ3v) is 7.79. The predicted molar refractivity (Wildman–Crippen MR) is 137 cm³/mol. The van der Waals surface area contributed by atoms with E-state index in [9.17, 15) is 9.18 Å². The smallest absolute Gasteiger partial charge is 0.230 e. The molecule has 9 heteroatoms. The van der Waals surface area contributed by atoms with Crippen molar-refractivity contribution >= 4 is 17.5 Å². The Balaban J connectivity index is 1.23. The third kappa shape index (κ3) is 4.48. The van der Waals surface area contributed by atoms with Gasteiger partial charge in [-0.05, 0) is 69.5 Å². The number of likely N-dealkylation sites (tertiary alicyclic amines) is 1. The van der Waals surface area contributed by atoms with Crippen LogP contribution in [0.2, 0.25) is 0 Å². The molecule has 0 spiro atoms. The number of nitrogens with zero attached hydrogens (tertiary/aromatic N) is 6. The molecular weight excluding hydrogens is 457 g/mol. The minimum absolute atomic E-state index is 0.0229. The second-order valence-electron chi connectivity index (χ2n) is 10.2. The molecule has 3 aliphatic rings. The Labute approximate surface area is 210 Å². The van der Waals surface area contributed by atoms with Crippen LogP contribution in [0.3, 0.4) is 0 Å². The molecule has 1 aromatic carbocycles. The first-order valence-corrected chi connectivity index (χ1v) is 13.0. The van der Waals surface area contributed by atoms with Gasteiger partial charge in [-0.1, -0.05) is 0 Å². The van der Waals surface area contributed by atoms with Crippen LogP contribution in [0.25, 0.3) is 11.3 Å². The fourth-order valence-electron chi connectivity index (χ4n) is 5.77. The van der Waals surface area contributed by atoms with Crippen molar-refractivity contribution in [2.75, 3.05) is 42.9 Å². The summed E-state index contributed by atoms with van der Waals surface area (Å²) >= 11 is 0. The number of piperidine rings is 1. The van der Waals surface area contributed by atoms with Gasteiger partial charge in [-0.25, -0.2) is 19.3 Å². The van der Waals surface area contributed by atoms with Crippen molar-refractivity contribution in [2.45, 2.75) is 51.5 Å². The molecule has 5 heterocycles. The summed E-state index contributed by atoms with van der Waals surface area (Å²) in [5, 5.41) is 2.82. The van der Waals surface area contributed by atoms with Crippen LogP contribution in [0.1, 0.15) is 48.6 Å². The zero-order chi connectivity index (χ0) is 24.6. The summed E-state index contributed by atoms with van der Waals surface area (Å²) in [6, 6.07) is 5.25. The number of amides is 1. The van der Waals surface area contributed by atoms with Crippen LogP contribution in [0, 0.1) is 12.7 Å². The van der Waals surface area contributed by atoms with Crippen molar-refractivity contribution in [3.8, 4) is 11.3 Å². The molecule has 0 aliphatic carbocycles. The summed E-state index contributed by atoms with van der Waals surface area (Å²) in [4.78, 5) is 30.6. The average molecular weight is 490 g/mol. The lowest BCUT2D eigenvalue weighted by Crippen LogP contribution is -2.35. The van der Waals surface area contributed by atoms with Gasteiger partial charge in [0.25, 0.3) is 0 Å². The van der Waals surface area contributed by atoms with E-state index in [4.69, 9.17) is 4.98 Å². The van der Waals surface area contributed by atoms with Crippen LogP contribution >= 0.6 is 0 Å². The third-order valence-electron chi connectivity index (χ3n) is 7.79. The first-order chi connectivity index (χ1) is 17.5. The van der Waals surface area contributed by atoms with Crippen molar-refractivity contribution in [2.24, 2.45) is 0 Å². The van der Waals surface area contributed by atoms with Gasteiger partial charge >= 0.3 is 0 Å². The molecule has 2 fully saturated rings. The average Bonchev–Trinajstić information content (AvgIpc) is 3.63. The molecule has 3 aliphatic heterocycles. The molecule has 8 nitrogen and oxygen atoms in total. The zero-order valence-corrected chi connectivity index (χ0v) is 20.7. The topological polar surface area (TPSA) is 79.2 Å². The Morgan fingerprint density at radius 3 is 2.67 bits per heavy atom. The van der Waals surface area contributed by atoms with Gasteiger partial charge in [0.15, 0.2) is 0 Å². The zero-order valence-electron chi connectivity index (χ0n) is 20.7. The number of aromatic nitrogens is 4. The number of carbonyl (C=O) groups excluding carboxylic acids is 1. The number of anilines is 2. The summed E-state index contributed by atoms with van der Waals surface area (Å²) in [5.41, 5.74) is 3.41. The number of halogens is 1. The van der Waals surface area contributed by atoms with E-state index >= 15 is 0 Å². The summed E-state index contributed by atoms with van der Waals surface area (Å²) in [7, 11) is 0. The maximum absolute atomic E-state index is 13.9. The molecule has 0 unspecified atom stereocenters. The molecule has 36 heavy (non-hydrogen) atoms. The van der Waals surface area contributed by atoms with E-state index < -0.39 is 0 Å². The van der Waals surface area contributed by atoms with E-state index in [1.54, 1.807) is 6.92 Å². The largest absolute Gasteiger partial charge is 0.356 e. The Morgan fingerprint density at radius 2 is 1.89 bits per heavy atom. The Morgan fingerprint density at radius 1 is 1.08 bits per heavy atom. The highest BCUT2D eigenvalue weighted by molar-refractivity contribution is 5.99. The lowest BCUT2D eigenvalue weighted by molar-refractivity contribution is -0.115. The molecule has 188 valence electrons. The standard InChI is InChI=1S/C27H32FN7O/c1-18-14-20(4-5-22(18)28)23-16-35(13-12-33-8-2-3-9-33)26(31-23)19-6-10-34(11-7-19)27-21-15-24(36)32-25(21)29-17-30-27/h4-5,14,16-17,19H,2-3,6-13,15H2,1H3,(H,29,30,32,36). The number of hydrogen-bond acceptors (Lipinski definition) is 6. The minimum Gasteiger partial charge on any atom is -0.356 e. The summed E-state index contributed by atoms with van der Waals surface area (Å²) in [5.74, 6) is 2.76. The second kappa shape index (κ2) is 9.61. The van der Waals surface area contributed by atoms with Gasteiger partial charge in [-0.2, -0.15) is 0 Å². The lowest BCUT2D eigenvalue weighted by Gasteiger charge is -2.33. The SMILES string of the molecule is Cc1cc(-c2cn(CCN3CCCC3)c(C3CCN(c4ncnc5c4CC(=O)N5)CC3)n2)ccc1F. The summed E-state index contributed by atoms with van der Waals surface area (Å²) in [6.07, 6.45) is 8.51. The Hall–Kier alpha value is -3.33. The highest BCUT2D eigenvalue weighted by Gasteiger charge is 2.30. The monoisotopic (exact) mass is 489 g/mol. The van der Waals surface area contributed by atoms with E-state index in [0.29, 0.717) is 23.7 Å². The highest BCUT2D eigenvalue weighted by Crippen LogP contribution is 2.35. The normalized spacial score (nSPS) is 18.6. The first-order valence-electron chi connectivity index (χ1n) is 13.0. The number of aryl methyl sites for hydroxylation is 1. The molecule has 6 rings (SSSR count). The molecule has 0 bridgehead atoms. The first kappa shape index (κ1) is 23.1. The van der Waals surface area contributed by atoms with Gasteiger partial charge in [-0.3, -0.25) is 4.79 Å². The number of rotatable bonds is 6. The van der Waals surface area contributed by atoms with Crippen LogP contribution in [0.5, 0.6) is 0 Å². The second-order valence-corrected chi connectivity index (χ2v) is 10.2. The maximum Gasteiger partial charge on any atom is 0.230 e. The van der Waals surface area contributed by atoms with Crippen LogP contribution in [0.4, 0.5) is 16.0 Å². The maximum atomic E-state index is 13.9. The van der Waals surface area contributed by atoms with E-state index in [0.717, 1.165) is 67.5 Å². The molecule has 0 radical (unpaired) electrons. The lowest BCUT2D eigenvalue weighted by atomic mass is 9.95. The molecular formula is C27H32FN7O. The van der Waals surface area contributed by atoms with E-state index in [1.807, 2.05) is 12.1 Å². The van der Waals surface area contributed by atoms with Gasteiger partial charge < -0.3 is 19.7 Å². The minimum atomic E-state index is -0.187. The van der Waals surface area contributed by atoms with Gasteiger partial charge in [0.05, 0.1) is 12.1 Å². The van der Waals surface area contributed by atoms with Gasteiger partial charge in [0.1, 0.15) is 29.6 Å². The van der Waals surface area contributed by atoms with Gasteiger partial charge in [0.2, 0.25) is 5.91 Å². The van der Waals surface area contributed by atoms with Crippen molar-refractivity contribution < 1.29 is 9.18 Å². The van der Waals surface area contributed by atoms with Crippen LogP contribution < -0.4 is 10.2 Å². The Bertz CT molecular complexity index is 1280. The predicted octanol–water partition coefficient (Wildman–Crippen LogP) is 3.76. The molecule has 0 saturated carbocycles. The number of fused-ring (bicyclic) bond motifs is 1. The number of benzene rings is 1. The summed E-state index contributed by atoms with van der Waals surface area (Å²) in [6.45, 7) is 7.79. The van der Waals surface area contributed by atoms with Crippen LogP contribution in [0.15, 0.2) is 30.7 Å². The van der Waals surface area contributed by atoms with Crippen molar-refractivity contribution in [3.63, 3.8) is 0 Å². The number of carbonyl (C=O) groups is 1. The number of imidazole rings is 1. The molecule has 1 amide bonds. The number of hydrogen-bond donors (Lipinski definition) is 1. The molecule has 1 N–H and O–H groups in total. The summed E-state index contributed by atoms with van der Waals surface area (Å²) < 4.78 is 16.2. The van der Waals surface area contributed by atoms with E-state index in [2.05, 4.69) is 35.8 Å².